The highest BCUT2D eigenvalue weighted by molar-refractivity contribution is 6.31. The Kier molecular flexibility index (Phi) is 6.52. The average molecular weight is 348 g/mol. The molecule has 0 aliphatic heterocycles. The van der Waals surface area contributed by atoms with Gasteiger partial charge in [-0.25, -0.2) is 0 Å². The maximum atomic E-state index is 6.22. The maximum absolute atomic E-state index is 6.22. The van der Waals surface area contributed by atoms with Crippen molar-refractivity contribution in [3.8, 4) is 11.5 Å². The number of halogens is 1. The van der Waals surface area contributed by atoms with Gasteiger partial charge in [0, 0.05) is 28.2 Å². The second-order valence-electron chi connectivity index (χ2n) is 6.42. The van der Waals surface area contributed by atoms with Crippen LogP contribution in [0.4, 0.5) is 0 Å². The summed E-state index contributed by atoms with van der Waals surface area (Å²) in [6.45, 7) is 7.68. The molecule has 0 aliphatic rings. The first kappa shape index (κ1) is 18.6. The van der Waals surface area contributed by atoms with Crippen LogP contribution >= 0.6 is 11.6 Å². The van der Waals surface area contributed by atoms with E-state index in [9.17, 15) is 0 Å². The van der Waals surface area contributed by atoms with Gasteiger partial charge in [0.2, 0.25) is 0 Å². The van der Waals surface area contributed by atoms with E-state index in [1.807, 2.05) is 36.4 Å². The molecule has 1 N–H and O–H groups in total. The highest BCUT2D eigenvalue weighted by atomic mass is 35.5. The standard InChI is InChI=1S/C20H26ClNO2/c1-5-20(2,3)22-13-15-10-8-12-18(23-4)19(15)24-14-16-9-6-7-11-17(16)21/h6-12,22H,5,13-14H2,1-4H3. The molecule has 0 unspecified atom stereocenters. The molecule has 0 atom stereocenters. The van der Waals surface area contributed by atoms with Crippen molar-refractivity contribution in [2.45, 2.75) is 45.9 Å². The van der Waals surface area contributed by atoms with Gasteiger partial charge in [0.15, 0.2) is 11.5 Å². The van der Waals surface area contributed by atoms with Crippen LogP contribution in [-0.4, -0.2) is 12.6 Å². The van der Waals surface area contributed by atoms with Gasteiger partial charge in [0.25, 0.3) is 0 Å². The number of para-hydroxylation sites is 1. The molecule has 2 aromatic rings. The molecule has 0 spiro atoms. The summed E-state index contributed by atoms with van der Waals surface area (Å²) >= 11 is 6.22. The molecule has 0 saturated heterocycles. The van der Waals surface area contributed by atoms with Gasteiger partial charge in [-0.2, -0.15) is 0 Å². The van der Waals surface area contributed by atoms with E-state index in [-0.39, 0.29) is 5.54 Å². The quantitative estimate of drug-likeness (QED) is 0.711. The lowest BCUT2D eigenvalue weighted by Crippen LogP contribution is -2.37. The zero-order valence-corrected chi connectivity index (χ0v) is 15.6. The van der Waals surface area contributed by atoms with E-state index in [0.29, 0.717) is 11.6 Å². The molecule has 0 fully saturated rings. The zero-order chi connectivity index (χ0) is 17.6. The molecule has 2 aromatic carbocycles. The van der Waals surface area contributed by atoms with Gasteiger partial charge in [0.1, 0.15) is 6.61 Å². The Balaban J connectivity index is 2.19. The number of rotatable bonds is 8. The normalized spacial score (nSPS) is 11.4. The summed E-state index contributed by atoms with van der Waals surface area (Å²) in [5.41, 5.74) is 2.10. The number of hydrogen-bond donors (Lipinski definition) is 1. The zero-order valence-electron chi connectivity index (χ0n) is 14.9. The van der Waals surface area contributed by atoms with Crippen LogP contribution in [0.3, 0.4) is 0 Å². The average Bonchev–Trinajstić information content (AvgIpc) is 2.59. The molecule has 24 heavy (non-hydrogen) atoms. The third kappa shape index (κ3) is 4.89. The molecule has 0 amide bonds. The molecule has 0 bridgehead atoms. The SMILES string of the molecule is CCC(C)(C)NCc1cccc(OC)c1OCc1ccccc1Cl. The van der Waals surface area contributed by atoms with Crippen molar-refractivity contribution in [2.24, 2.45) is 0 Å². The fourth-order valence-electron chi connectivity index (χ4n) is 2.25. The largest absolute Gasteiger partial charge is 0.493 e. The lowest BCUT2D eigenvalue weighted by molar-refractivity contribution is 0.278. The van der Waals surface area contributed by atoms with Crippen LogP contribution in [0.1, 0.15) is 38.3 Å². The van der Waals surface area contributed by atoms with Gasteiger partial charge in [-0.15, -0.1) is 0 Å². The molecule has 0 aliphatic carbocycles. The van der Waals surface area contributed by atoms with Crippen molar-refractivity contribution in [2.75, 3.05) is 7.11 Å². The Morgan fingerprint density at radius 2 is 1.75 bits per heavy atom. The smallest absolute Gasteiger partial charge is 0.166 e. The van der Waals surface area contributed by atoms with E-state index < -0.39 is 0 Å². The number of ether oxygens (including phenoxy) is 2. The molecule has 0 aromatic heterocycles. The molecule has 0 radical (unpaired) electrons. The van der Waals surface area contributed by atoms with Crippen molar-refractivity contribution in [1.82, 2.24) is 5.32 Å². The minimum atomic E-state index is 0.0725. The number of methoxy groups -OCH3 is 1. The van der Waals surface area contributed by atoms with Crippen molar-refractivity contribution >= 4 is 11.6 Å². The predicted molar refractivity (Wildman–Crippen MR) is 100.0 cm³/mol. The van der Waals surface area contributed by atoms with Gasteiger partial charge in [0.05, 0.1) is 7.11 Å². The van der Waals surface area contributed by atoms with Gasteiger partial charge in [-0.1, -0.05) is 48.9 Å². The molecule has 2 rings (SSSR count). The summed E-state index contributed by atoms with van der Waals surface area (Å²) in [5, 5.41) is 4.27. The van der Waals surface area contributed by atoms with Crippen LogP contribution in [-0.2, 0) is 13.2 Å². The molecule has 0 heterocycles. The summed E-state index contributed by atoms with van der Waals surface area (Å²) in [4.78, 5) is 0. The van der Waals surface area contributed by atoms with Crippen LogP contribution in [0.5, 0.6) is 11.5 Å². The van der Waals surface area contributed by atoms with E-state index in [1.54, 1.807) is 7.11 Å². The maximum Gasteiger partial charge on any atom is 0.166 e. The number of nitrogens with one attached hydrogen (secondary N) is 1. The van der Waals surface area contributed by atoms with E-state index in [0.717, 1.165) is 35.6 Å². The van der Waals surface area contributed by atoms with Crippen molar-refractivity contribution < 1.29 is 9.47 Å². The van der Waals surface area contributed by atoms with Gasteiger partial charge < -0.3 is 14.8 Å². The summed E-state index contributed by atoms with van der Waals surface area (Å²) in [7, 11) is 1.66. The van der Waals surface area contributed by atoms with Crippen molar-refractivity contribution in [3.05, 3.63) is 58.6 Å². The second-order valence-corrected chi connectivity index (χ2v) is 6.83. The van der Waals surface area contributed by atoms with Crippen molar-refractivity contribution in [3.63, 3.8) is 0 Å². The molecule has 3 nitrogen and oxygen atoms in total. The Bertz CT molecular complexity index is 670. The van der Waals surface area contributed by atoms with E-state index in [2.05, 4.69) is 32.2 Å². The van der Waals surface area contributed by atoms with Gasteiger partial charge in [-0.3, -0.25) is 0 Å². The second kappa shape index (κ2) is 8.41. The van der Waals surface area contributed by atoms with E-state index in [4.69, 9.17) is 21.1 Å². The first-order valence-electron chi connectivity index (χ1n) is 8.24. The molecular formula is C20H26ClNO2. The lowest BCUT2D eigenvalue weighted by atomic mass is 10.0. The number of hydrogen-bond acceptors (Lipinski definition) is 3. The third-order valence-electron chi connectivity index (χ3n) is 4.25. The highest BCUT2D eigenvalue weighted by Gasteiger charge is 2.17. The van der Waals surface area contributed by atoms with Crippen LogP contribution in [0.25, 0.3) is 0 Å². The van der Waals surface area contributed by atoms with Gasteiger partial charge >= 0.3 is 0 Å². The van der Waals surface area contributed by atoms with Gasteiger partial charge in [-0.05, 0) is 32.4 Å². The molecule has 4 heteroatoms. The van der Waals surface area contributed by atoms with E-state index >= 15 is 0 Å². The third-order valence-corrected chi connectivity index (χ3v) is 4.62. The van der Waals surface area contributed by atoms with Crippen LogP contribution in [0, 0.1) is 0 Å². The Labute approximate surface area is 149 Å². The fraction of sp³-hybridized carbons (Fsp3) is 0.400. The first-order chi connectivity index (χ1) is 11.5. The summed E-state index contributed by atoms with van der Waals surface area (Å²) in [6, 6.07) is 13.7. The van der Waals surface area contributed by atoms with E-state index in [1.165, 1.54) is 0 Å². The fourth-order valence-corrected chi connectivity index (χ4v) is 2.44. The Hall–Kier alpha value is -1.71. The Morgan fingerprint density at radius 1 is 1.04 bits per heavy atom. The monoisotopic (exact) mass is 347 g/mol. The Morgan fingerprint density at radius 3 is 2.42 bits per heavy atom. The predicted octanol–water partition coefficient (Wildman–Crippen LogP) is 5.21. The first-order valence-corrected chi connectivity index (χ1v) is 8.61. The summed E-state index contributed by atoms with van der Waals surface area (Å²) in [6.07, 6.45) is 1.05. The number of benzene rings is 2. The summed E-state index contributed by atoms with van der Waals surface area (Å²) in [5.74, 6) is 1.50. The molecular weight excluding hydrogens is 322 g/mol. The summed E-state index contributed by atoms with van der Waals surface area (Å²) < 4.78 is 11.6. The van der Waals surface area contributed by atoms with Crippen molar-refractivity contribution in [1.29, 1.82) is 0 Å². The van der Waals surface area contributed by atoms with Crippen LogP contribution in [0.15, 0.2) is 42.5 Å². The van der Waals surface area contributed by atoms with Crippen LogP contribution in [0.2, 0.25) is 5.02 Å². The highest BCUT2D eigenvalue weighted by Crippen LogP contribution is 2.32. The van der Waals surface area contributed by atoms with Crippen LogP contribution < -0.4 is 14.8 Å². The molecule has 130 valence electrons. The minimum absolute atomic E-state index is 0.0725. The molecule has 0 saturated carbocycles. The topological polar surface area (TPSA) is 30.5 Å². The lowest BCUT2D eigenvalue weighted by Gasteiger charge is -2.25. The minimum Gasteiger partial charge on any atom is -0.493 e.